The third-order valence-corrected chi connectivity index (χ3v) is 3.94. The van der Waals surface area contributed by atoms with E-state index in [1.807, 2.05) is 6.07 Å². The Balaban J connectivity index is 1.59. The number of hydrogen-bond donors (Lipinski definition) is 2. The van der Waals surface area contributed by atoms with E-state index in [0.717, 1.165) is 0 Å². The largest absolute Gasteiger partial charge is 0.334 e. The van der Waals surface area contributed by atoms with Gasteiger partial charge in [-0.1, -0.05) is 17.7 Å². The molecule has 0 saturated heterocycles. The van der Waals surface area contributed by atoms with Gasteiger partial charge in [0.25, 0.3) is 0 Å². The summed E-state index contributed by atoms with van der Waals surface area (Å²) in [7, 11) is 0. The summed E-state index contributed by atoms with van der Waals surface area (Å²) in [6, 6.07) is 8.99. The van der Waals surface area contributed by atoms with Crippen LogP contribution in [-0.2, 0) is 0 Å². The maximum atomic E-state index is 13.8. The van der Waals surface area contributed by atoms with Crippen LogP contribution in [0.15, 0.2) is 36.5 Å². The second-order valence-electron chi connectivity index (χ2n) is 5.23. The molecule has 0 radical (unpaired) electrons. The van der Waals surface area contributed by atoms with Crippen molar-refractivity contribution in [3.05, 3.63) is 58.5 Å². The molecule has 2 N–H and O–H groups in total. The number of nitrogens with zero attached hydrogens (tertiary/aromatic N) is 2. The zero-order chi connectivity index (χ0) is 16.4. The molecule has 23 heavy (non-hydrogen) atoms. The number of amides is 2. The highest BCUT2D eigenvalue weighted by Crippen LogP contribution is 2.44. The number of hydrogen-bond acceptors (Lipinski definition) is 3. The molecule has 1 aliphatic carbocycles. The number of rotatable bonds is 3. The molecule has 2 amide bonds. The van der Waals surface area contributed by atoms with Crippen LogP contribution in [0.2, 0.25) is 5.02 Å². The molecule has 1 heterocycles. The summed E-state index contributed by atoms with van der Waals surface area (Å²) in [6.45, 7) is 0. The number of anilines is 1. The number of pyridine rings is 1. The van der Waals surface area contributed by atoms with Gasteiger partial charge in [0.15, 0.2) is 0 Å². The fraction of sp³-hybridized carbons (Fsp3) is 0.188. The van der Waals surface area contributed by atoms with E-state index < -0.39 is 6.03 Å². The minimum atomic E-state index is -0.429. The Kier molecular flexibility index (Phi) is 4.13. The molecule has 0 aliphatic heterocycles. The highest BCUT2D eigenvalue weighted by atomic mass is 35.5. The second kappa shape index (κ2) is 6.23. The normalized spacial score (nSPS) is 18.8. The number of benzene rings is 1. The van der Waals surface area contributed by atoms with Crippen molar-refractivity contribution < 1.29 is 9.18 Å². The van der Waals surface area contributed by atoms with E-state index in [1.165, 1.54) is 18.3 Å². The van der Waals surface area contributed by atoms with Crippen molar-refractivity contribution in [1.29, 1.82) is 5.26 Å². The van der Waals surface area contributed by atoms with Crippen molar-refractivity contribution in [2.75, 3.05) is 5.32 Å². The molecule has 0 spiro atoms. The van der Waals surface area contributed by atoms with E-state index in [0.29, 0.717) is 28.4 Å². The molecule has 1 aromatic carbocycles. The lowest BCUT2D eigenvalue weighted by molar-refractivity contribution is 0.251. The van der Waals surface area contributed by atoms with E-state index in [-0.39, 0.29) is 17.8 Å². The molecular weight excluding hydrogens is 319 g/mol. The number of nitrogens with one attached hydrogen (secondary N) is 2. The first-order chi connectivity index (χ1) is 11.1. The van der Waals surface area contributed by atoms with Gasteiger partial charge in [0, 0.05) is 28.7 Å². The van der Waals surface area contributed by atoms with Gasteiger partial charge < -0.3 is 5.32 Å². The van der Waals surface area contributed by atoms with Crippen molar-refractivity contribution in [1.82, 2.24) is 10.3 Å². The molecule has 1 fully saturated rings. The van der Waals surface area contributed by atoms with Crippen molar-refractivity contribution >= 4 is 23.4 Å². The SMILES string of the molecule is N#Cc1ccc(NC(=O)NC2CC2c2c(F)cccc2Cl)nc1. The Morgan fingerprint density at radius 2 is 2.22 bits per heavy atom. The Bertz CT molecular complexity index is 767. The van der Waals surface area contributed by atoms with Crippen molar-refractivity contribution in [2.24, 2.45) is 0 Å². The number of carbonyl (C=O) groups excluding carboxylic acids is 1. The van der Waals surface area contributed by atoms with E-state index in [9.17, 15) is 9.18 Å². The van der Waals surface area contributed by atoms with Gasteiger partial charge in [0.1, 0.15) is 17.7 Å². The van der Waals surface area contributed by atoms with Gasteiger partial charge in [0.2, 0.25) is 0 Å². The first kappa shape index (κ1) is 15.3. The maximum absolute atomic E-state index is 13.8. The van der Waals surface area contributed by atoms with Crippen LogP contribution >= 0.6 is 11.6 Å². The molecule has 7 heteroatoms. The Labute approximate surface area is 137 Å². The van der Waals surface area contributed by atoms with Crippen LogP contribution in [0.3, 0.4) is 0 Å². The molecule has 1 aromatic heterocycles. The van der Waals surface area contributed by atoms with Crippen LogP contribution in [-0.4, -0.2) is 17.1 Å². The lowest BCUT2D eigenvalue weighted by Gasteiger charge is -2.08. The molecule has 5 nitrogen and oxygen atoms in total. The zero-order valence-corrected chi connectivity index (χ0v) is 12.6. The third-order valence-electron chi connectivity index (χ3n) is 3.61. The Morgan fingerprint density at radius 1 is 1.39 bits per heavy atom. The van der Waals surface area contributed by atoms with Crippen LogP contribution in [0.25, 0.3) is 0 Å². The van der Waals surface area contributed by atoms with Crippen LogP contribution in [0, 0.1) is 17.1 Å². The summed E-state index contributed by atoms with van der Waals surface area (Å²) in [5, 5.41) is 14.4. The minimum Gasteiger partial charge on any atom is -0.334 e. The van der Waals surface area contributed by atoms with Crippen molar-refractivity contribution in [3.63, 3.8) is 0 Å². The quantitative estimate of drug-likeness (QED) is 0.905. The summed E-state index contributed by atoms with van der Waals surface area (Å²) in [5.41, 5.74) is 0.850. The number of carbonyl (C=O) groups is 1. The topological polar surface area (TPSA) is 77.8 Å². The van der Waals surface area contributed by atoms with Gasteiger partial charge in [0.05, 0.1) is 5.56 Å². The molecule has 3 rings (SSSR count). The van der Waals surface area contributed by atoms with E-state index in [2.05, 4.69) is 15.6 Å². The Hall–Kier alpha value is -2.65. The maximum Gasteiger partial charge on any atom is 0.320 e. The average molecular weight is 331 g/mol. The summed E-state index contributed by atoms with van der Waals surface area (Å²) in [4.78, 5) is 15.9. The smallest absolute Gasteiger partial charge is 0.320 e. The minimum absolute atomic E-state index is 0.122. The average Bonchev–Trinajstić information content (AvgIpc) is 3.26. The molecule has 2 aromatic rings. The lowest BCUT2D eigenvalue weighted by atomic mass is 10.1. The van der Waals surface area contributed by atoms with Gasteiger partial charge in [-0.3, -0.25) is 5.32 Å². The van der Waals surface area contributed by atoms with Crippen molar-refractivity contribution in [3.8, 4) is 6.07 Å². The highest BCUT2D eigenvalue weighted by Gasteiger charge is 2.42. The zero-order valence-electron chi connectivity index (χ0n) is 11.9. The van der Waals surface area contributed by atoms with Crippen LogP contribution in [0.1, 0.15) is 23.5 Å². The fourth-order valence-electron chi connectivity index (χ4n) is 2.39. The molecular formula is C16H12ClFN4O. The van der Waals surface area contributed by atoms with Crippen LogP contribution < -0.4 is 10.6 Å². The first-order valence-corrected chi connectivity index (χ1v) is 7.34. The van der Waals surface area contributed by atoms with Gasteiger partial charge in [-0.2, -0.15) is 5.26 Å². The first-order valence-electron chi connectivity index (χ1n) is 6.96. The molecule has 0 bridgehead atoms. The molecule has 116 valence electrons. The van der Waals surface area contributed by atoms with E-state index >= 15 is 0 Å². The monoisotopic (exact) mass is 330 g/mol. The highest BCUT2D eigenvalue weighted by molar-refractivity contribution is 6.31. The van der Waals surface area contributed by atoms with E-state index in [1.54, 1.807) is 18.2 Å². The summed E-state index contributed by atoms with van der Waals surface area (Å²) in [5.74, 6) is -0.146. The number of nitriles is 1. The molecule has 1 aliphatic rings. The molecule has 2 atom stereocenters. The number of aromatic nitrogens is 1. The van der Waals surface area contributed by atoms with Crippen LogP contribution in [0.4, 0.5) is 15.0 Å². The molecule has 1 saturated carbocycles. The van der Waals surface area contributed by atoms with E-state index in [4.69, 9.17) is 16.9 Å². The van der Waals surface area contributed by atoms with Gasteiger partial charge in [-0.05, 0) is 30.7 Å². The summed E-state index contributed by atoms with van der Waals surface area (Å²) < 4.78 is 13.8. The summed E-state index contributed by atoms with van der Waals surface area (Å²) >= 11 is 6.02. The standard InChI is InChI=1S/C16H12ClFN4O/c17-11-2-1-3-12(18)15(11)10-6-13(10)21-16(23)22-14-5-4-9(7-19)8-20-14/h1-5,8,10,13H,6H2,(H2,20,21,22,23). The third kappa shape index (κ3) is 3.41. The van der Waals surface area contributed by atoms with Gasteiger partial charge in [-0.25, -0.2) is 14.2 Å². The predicted octanol–water partition coefficient (Wildman–Crippen LogP) is 3.42. The number of urea groups is 1. The van der Waals surface area contributed by atoms with Gasteiger partial charge in [-0.15, -0.1) is 0 Å². The fourth-order valence-corrected chi connectivity index (χ4v) is 2.70. The second-order valence-corrected chi connectivity index (χ2v) is 5.63. The van der Waals surface area contributed by atoms with Gasteiger partial charge >= 0.3 is 6.03 Å². The lowest BCUT2D eigenvalue weighted by Crippen LogP contribution is -2.31. The summed E-state index contributed by atoms with van der Waals surface area (Å²) in [6.07, 6.45) is 2.00. The predicted molar refractivity (Wildman–Crippen MR) is 83.7 cm³/mol. The Morgan fingerprint density at radius 3 is 2.87 bits per heavy atom. The van der Waals surface area contributed by atoms with Crippen molar-refractivity contribution in [2.45, 2.75) is 18.4 Å². The number of halogens is 2. The van der Waals surface area contributed by atoms with Crippen LogP contribution in [0.5, 0.6) is 0 Å². The molecule has 2 unspecified atom stereocenters.